The third-order valence-electron chi connectivity index (χ3n) is 4.30. The average Bonchev–Trinajstić information content (AvgIpc) is 2.64. The van der Waals surface area contributed by atoms with E-state index >= 15 is 0 Å². The molecule has 8 heteroatoms. The number of nitrogens with zero attached hydrogens (tertiary/aromatic N) is 1. The summed E-state index contributed by atoms with van der Waals surface area (Å²) in [5.74, 6) is 1.22. The molecule has 1 saturated heterocycles. The molecule has 3 amide bonds. The van der Waals surface area contributed by atoms with Crippen LogP contribution in [0.15, 0.2) is 12.1 Å². The van der Waals surface area contributed by atoms with E-state index < -0.39 is 6.03 Å². The summed E-state index contributed by atoms with van der Waals surface area (Å²) in [6, 6.07) is 3.10. The lowest BCUT2D eigenvalue weighted by molar-refractivity contribution is -0.126. The van der Waals surface area contributed by atoms with Gasteiger partial charge >= 0.3 is 6.03 Å². The zero-order valence-corrected chi connectivity index (χ0v) is 14.8. The molecular formula is C17H25N3O5. The van der Waals surface area contributed by atoms with E-state index in [9.17, 15) is 9.59 Å². The van der Waals surface area contributed by atoms with Gasteiger partial charge in [0.25, 0.3) is 0 Å². The predicted octanol–water partition coefficient (Wildman–Crippen LogP) is 1.12. The van der Waals surface area contributed by atoms with E-state index in [1.54, 1.807) is 26.4 Å². The number of likely N-dealkylation sites (tertiary alicyclic amines) is 1. The van der Waals surface area contributed by atoms with Crippen molar-refractivity contribution in [3.63, 3.8) is 0 Å². The molecule has 1 fully saturated rings. The smallest absolute Gasteiger partial charge is 0.314 e. The standard InChI is InChI=1S/C17H25N3O5/c1-23-13-7-11(8-14(24-2)15(13)25-3)9-19-16(21)12-5-4-6-20(10-12)17(18)22/h7-8,12H,4-6,9-10H2,1-3H3,(H2,18,22)(H,19,21)/t12-/m1/s1. The Bertz CT molecular complexity index is 610. The zero-order valence-electron chi connectivity index (χ0n) is 14.8. The molecule has 1 heterocycles. The average molecular weight is 351 g/mol. The molecule has 25 heavy (non-hydrogen) atoms. The lowest BCUT2D eigenvalue weighted by Gasteiger charge is -2.30. The fourth-order valence-electron chi connectivity index (χ4n) is 2.96. The van der Waals surface area contributed by atoms with Gasteiger partial charge in [-0.2, -0.15) is 0 Å². The fourth-order valence-corrected chi connectivity index (χ4v) is 2.96. The molecule has 0 unspecified atom stereocenters. The highest BCUT2D eigenvalue weighted by Gasteiger charge is 2.27. The van der Waals surface area contributed by atoms with E-state index in [1.165, 1.54) is 12.0 Å². The minimum atomic E-state index is -0.484. The number of amides is 3. The van der Waals surface area contributed by atoms with E-state index in [2.05, 4.69) is 5.32 Å². The number of benzene rings is 1. The minimum Gasteiger partial charge on any atom is -0.493 e. The first-order valence-electron chi connectivity index (χ1n) is 8.11. The quantitative estimate of drug-likeness (QED) is 0.799. The Labute approximate surface area is 147 Å². The number of nitrogens with one attached hydrogen (secondary N) is 1. The van der Waals surface area contributed by atoms with Gasteiger partial charge in [-0.05, 0) is 30.5 Å². The van der Waals surface area contributed by atoms with E-state index in [-0.39, 0.29) is 11.8 Å². The molecule has 138 valence electrons. The zero-order chi connectivity index (χ0) is 18.4. The van der Waals surface area contributed by atoms with Crippen LogP contribution in [-0.2, 0) is 11.3 Å². The highest BCUT2D eigenvalue weighted by molar-refractivity contribution is 5.80. The van der Waals surface area contributed by atoms with Crippen molar-refractivity contribution in [1.29, 1.82) is 0 Å². The first-order chi connectivity index (χ1) is 12.0. The number of urea groups is 1. The molecule has 1 aromatic rings. The van der Waals surface area contributed by atoms with E-state index in [0.29, 0.717) is 36.9 Å². The Morgan fingerprint density at radius 1 is 1.20 bits per heavy atom. The highest BCUT2D eigenvalue weighted by atomic mass is 16.5. The van der Waals surface area contributed by atoms with Crippen molar-refractivity contribution >= 4 is 11.9 Å². The summed E-state index contributed by atoms with van der Waals surface area (Å²) in [6.45, 7) is 1.28. The summed E-state index contributed by atoms with van der Waals surface area (Å²) in [5.41, 5.74) is 6.13. The number of nitrogens with two attached hydrogens (primary N) is 1. The number of methoxy groups -OCH3 is 3. The maximum atomic E-state index is 12.4. The number of primary amides is 1. The molecule has 1 aliphatic heterocycles. The first-order valence-corrected chi connectivity index (χ1v) is 8.11. The molecular weight excluding hydrogens is 326 g/mol. The van der Waals surface area contributed by atoms with Crippen molar-refractivity contribution in [2.24, 2.45) is 11.7 Å². The van der Waals surface area contributed by atoms with Gasteiger partial charge in [0.1, 0.15) is 0 Å². The molecule has 3 N–H and O–H groups in total. The molecule has 0 spiro atoms. The van der Waals surface area contributed by atoms with Gasteiger partial charge in [-0.25, -0.2) is 4.79 Å². The number of hydrogen-bond donors (Lipinski definition) is 2. The highest BCUT2D eigenvalue weighted by Crippen LogP contribution is 2.38. The van der Waals surface area contributed by atoms with Crippen molar-refractivity contribution in [2.75, 3.05) is 34.4 Å². The van der Waals surface area contributed by atoms with Crippen LogP contribution in [0, 0.1) is 5.92 Å². The maximum Gasteiger partial charge on any atom is 0.314 e. The van der Waals surface area contributed by atoms with Crippen molar-refractivity contribution in [3.8, 4) is 17.2 Å². The van der Waals surface area contributed by atoms with Crippen LogP contribution in [0.5, 0.6) is 17.2 Å². The number of ether oxygens (including phenoxy) is 3. The minimum absolute atomic E-state index is 0.0975. The number of piperidine rings is 1. The van der Waals surface area contributed by atoms with Crippen LogP contribution < -0.4 is 25.3 Å². The third-order valence-corrected chi connectivity index (χ3v) is 4.30. The molecule has 0 saturated carbocycles. The lowest BCUT2D eigenvalue weighted by atomic mass is 9.97. The van der Waals surface area contributed by atoms with E-state index in [4.69, 9.17) is 19.9 Å². The monoisotopic (exact) mass is 351 g/mol. The topological polar surface area (TPSA) is 103 Å². The van der Waals surface area contributed by atoms with Gasteiger partial charge in [-0.15, -0.1) is 0 Å². The number of rotatable bonds is 6. The molecule has 1 aliphatic rings. The second-order valence-electron chi connectivity index (χ2n) is 5.87. The summed E-state index contributed by atoms with van der Waals surface area (Å²) in [6.07, 6.45) is 1.51. The number of carbonyl (C=O) groups is 2. The van der Waals surface area contributed by atoms with Crippen LogP contribution >= 0.6 is 0 Å². The van der Waals surface area contributed by atoms with Crippen molar-refractivity contribution in [2.45, 2.75) is 19.4 Å². The number of hydrogen-bond acceptors (Lipinski definition) is 5. The van der Waals surface area contributed by atoms with Gasteiger partial charge in [0.2, 0.25) is 11.7 Å². The Kier molecular flexibility index (Phi) is 6.32. The summed E-state index contributed by atoms with van der Waals surface area (Å²) in [7, 11) is 4.62. The molecule has 8 nitrogen and oxygen atoms in total. The van der Waals surface area contributed by atoms with Crippen molar-refractivity contribution in [1.82, 2.24) is 10.2 Å². The Balaban J connectivity index is 2.03. The molecule has 0 aliphatic carbocycles. The lowest BCUT2D eigenvalue weighted by Crippen LogP contribution is -2.47. The summed E-state index contributed by atoms with van der Waals surface area (Å²) >= 11 is 0. The third kappa shape index (κ3) is 4.46. The summed E-state index contributed by atoms with van der Waals surface area (Å²) in [4.78, 5) is 25.2. The van der Waals surface area contributed by atoms with Crippen molar-refractivity contribution in [3.05, 3.63) is 17.7 Å². The van der Waals surface area contributed by atoms with E-state index in [0.717, 1.165) is 18.4 Å². The second-order valence-corrected chi connectivity index (χ2v) is 5.87. The Hall–Kier alpha value is -2.64. The molecule has 2 rings (SSSR count). The van der Waals surface area contributed by atoms with Crippen LogP contribution in [0.3, 0.4) is 0 Å². The Morgan fingerprint density at radius 3 is 2.36 bits per heavy atom. The van der Waals surface area contributed by atoms with Gasteiger partial charge in [-0.3, -0.25) is 4.79 Å². The van der Waals surface area contributed by atoms with E-state index in [1.807, 2.05) is 0 Å². The molecule has 1 aromatic carbocycles. The van der Waals surface area contributed by atoms with Crippen LogP contribution in [0.1, 0.15) is 18.4 Å². The van der Waals surface area contributed by atoms with Crippen LogP contribution in [0.25, 0.3) is 0 Å². The fraction of sp³-hybridized carbons (Fsp3) is 0.529. The first kappa shape index (κ1) is 18.7. The van der Waals surface area contributed by atoms with Gasteiger partial charge in [-0.1, -0.05) is 0 Å². The largest absolute Gasteiger partial charge is 0.493 e. The van der Waals surface area contributed by atoms with Gasteiger partial charge in [0, 0.05) is 19.6 Å². The molecule has 0 aromatic heterocycles. The van der Waals surface area contributed by atoms with Crippen molar-refractivity contribution < 1.29 is 23.8 Å². The van der Waals surface area contributed by atoms with Crippen LogP contribution in [0.4, 0.5) is 4.79 Å². The van der Waals surface area contributed by atoms with Crippen LogP contribution in [0.2, 0.25) is 0 Å². The molecule has 1 atom stereocenters. The summed E-state index contributed by atoms with van der Waals surface area (Å²) in [5, 5.41) is 2.90. The molecule has 0 bridgehead atoms. The van der Waals surface area contributed by atoms with Crippen LogP contribution in [-0.4, -0.2) is 51.3 Å². The van der Waals surface area contributed by atoms with Gasteiger partial charge in [0.05, 0.1) is 27.2 Å². The normalized spacial score (nSPS) is 16.9. The number of carbonyl (C=O) groups excluding carboxylic acids is 2. The Morgan fingerprint density at radius 2 is 1.84 bits per heavy atom. The van der Waals surface area contributed by atoms with Gasteiger partial charge in [0.15, 0.2) is 11.5 Å². The summed E-state index contributed by atoms with van der Waals surface area (Å²) < 4.78 is 15.9. The predicted molar refractivity (Wildman–Crippen MR) is 91.8 cm³/mol. The second kappa shape index (κ2) is 8.46. The van der Waals surface area contributed by atoms with Gasteiger partial charge < -0.3 is 30.2 Å². The SMILES string of the molecule is COc1cc(CNC(=O)[C@@H]2CCCN(C(N)=O)C2)cc(OC)c1OC. The molecule has 0 radical (unpaired) electrons. The maximum absolute atomic E-state index is 12.4.